The fraction of sp³-hybridized carbons (Fsp3) is 0.500. The summed E-state index contributed by atoms with van der Waals surface area (Å²) in [6.45, 7) is 8.98. The summed E-state index contributed by atoms with van der Waals surface area (Å²) in [6.07, 6.45) is 0. The van der Waals surface area contributed by atoms with Gasteiger partial charge in [-0.05, 0) is 52.8 Å². The van der Waals surface area contributed by atoms with Gasteiger partial charge in [-0.2, -0.15) is 0 Å². The Morgan fingerprint density at radius 2 is 1.52 bits per heavy atom. The number of alkyl halides is 2. The molecule has 3 amide bonds. The number of urea groups is 1. The first kappa shape index (κ1) is 19.6. The second kappa shape index (κ2) is 7.41. The molecule has 0 aliphatic carbocycles. The number of anilines is 2. The molecule has 0 aliphatic heterocycles. The standard InChI is InChI=1S/C16H23Cl2N3O2/c1-15(2,3)21-14(23)20-11-8-6-7-10(9-11)19-13(22)16(4,5)12(17)18/h6-9,12H,1-5H3,(H,19,22)(H2,20,21,23). The molecule has 128 valence electrons. The number of hydrogen-bond donors (Lipinski definition) is 3. The summed E-state index contributed by atoms with van der Waals surface area (Å²) in [6, 6.07) is 6.53. The van der Waals surface area contributed by atoms with E-state index in [1.54, 1.807) is 38.1 Å². The van der Waals surface area contributed by atoms with E-state index in [1.807, 2.05) is 20.8 Å². The zero-order valence-corrected chi connectivity index (χ0v) is 15.5. The summed E-state index contributed by atoms with van der Waals surface area (Å²) in [5, 5.41) is 8.26. The third-order valence-electron chi connectivity index (χ3n) is 3.00. The van der Waals surface area contributed by atoms with E-state index in [0.29, 0.717) is 11.4 Å². The summed E-state index contributed by atoms with van der Waals surface area (Å²) < 4.78 is 0. The maximum atomic E-state index is 12.2. The molecule has 0 aliphatic rings. The summed E-state index contributed by atoms with van der Waals surface area (Å²) in [5.74, 6) is -0.302. The fourth-order valence-electron chi connectivity index (χ4n) is 1.57. The number of carbonyl (C=O) groups is 2. The van der Waals surface area contributed by atoms with Gasteiger partial charge in [-0.1, -0.05) is 6.07 Å². The number of benzene rings is 1. The van der Waals surface area contributed by atoms with Crippen LogP contribution in [0.1, 0.15) is 34.6 Å². The quantitative estimate of drug-likeness (QED) is 0.698. The zero-order chi connectivity index (χ0) is 17.8. The number of rotatable bonds is 4. The maximum Gasteiger partial charge on any atom is 0.319 e. The van der Waals surface area contributed by atoms with Crippen LogP contribution in [0.5, 0.6) is 0 Å². The fourth-order valence-corrected chi connectivity index (χ4v) is 1.77. The van der Waals surface area contributed by atoms with Crippen molar-refractivity contribution in [2.45, 2.75) is 45.0 Å². The average molecular weight is 360 g/mol. The summed E-state index contributed by atoms with van der Waals surface area (Å²) in [7, 11) is 0. The summed E-state index contributed by atoms with van der Waals surface area (Å²) in [5.41, 5.74) is -0.160. The van der Waals surface area contributed by atoms with Crippen LogP contribution in [0.15, 0.2) is 24.3 Å². The maximum absolute atomic E-state index is 12.2. The number of hydrogen-bond acceptors (Lipinski definition) is 2. The van der Waals surface area contributed by atoms with E-state index in [-0.39, 0.29) is 17.5 Å². The predicted octanol–water partition coefficient (Wildman–Crippen LogP) is 4.38. The zero-order valence-electron chi connectivity index (χ0n) is 14.0. The molecule has 0 saturated heterocycles. The molecule has 0 spiro atoms. The van der Waals surface area contributed by atoms with Crippen molar-refractivity contribution in [1.29, 1.82) is 0 Å². The molecule has 0 radical (unpaired) electrons. The predicted molar refractivity (Wildman–Crippen MR) is 96.3 cm³/mol. The van der Waals surface area contributed by atoms with Gasteiger partial charge in [-0.3, -0.25) is 4.79 Å². The van der Waals surface area contributed by atoms with Gasteiger partial charge in [-0.25, -0.2) is 4.79 Å². The number of halogens is 2. The lowest BCUT2D eigenvalue weighted by molar-refractivity contribution is -0.123. The molecule has 1 aromatic rings. The Balaban J connectivity index is 2.78. The van der Waals surface area contributed by atoms with Crippen LogP contribution in [0, 0.1) is 5.41 Å². The third-order valence-corrected chi connectivity index (χ3v) is 4.09. The van der Waals surface area contributed by atoms with Crippen molar-refractivity contribution < 1.29 is 9.59 Å². The minimum atomic E-state index is -0.934. The van der Waals surface area contributed by atoms with E-state index in [2.05, 4.69) is 16.0 Å². The molecule has 0 atom stereocenters. The van der Waals surface area contributed by atoms with E-state index in [0.717, 1.165) is 0 Å². The second-order valence-electron chi connectivity index (χ2n) is 6.89. The molecular formula is C16H23Cl2N3O2. The molecule has 0 unspecified atom stereocenters. The first-order chi connectivity index (χ1) is 10.4. The van der Waals surface area contributed by atoms with E-state index in [9.17, 15) is 9.59 Å². The van der Waals surface area contributed by atoms with Crippen LogP contribution in [0.4, 0.5) is 16.2 Å². The molecule has 7 heteroatoms. The lowest BCUT2D eigenvalue weighted by Gasteiger charge is -2.24. The molecule has 0 fully saturated rings. The molecule has 0 saturated carbocycles. The van der Waals surface area contributed by atoms with Crippen LogP contribution in [0.25, 0.3) is 0 Å². The van der Waals surface area contributed by atoms with Crippen molar-refractivity contribution in [3.05, 3.63) is 24.3 Å². The summed E-state index contributed by atoms with van der Waals surface area (Å²) in [4.78, 5) is 23.3. The minimum absolute atomic E-state index is 0.302. The topological polar surface area (TPSA) is 70.2 Å². The van der Waals surface area contributed by atoms with Gasteiger partial charge in [0.1, 0.15) is 4.84 Å². The first-order valence-electron chi connectivity index (χ1n) is 7.20. The highest BCUT2D eigenvalue weighted by Gasteiger charge is 2.34. The first-order valence-corrected chi connectivity index (χ1v) is 8.08. The Hall–Kier alpha value is -1.46. The molecule has 1 rings (SSSR count). The highest BCUT2D eigenvalue weighted by Crippen LogP contribution is 2.30. The summed E-state index contributed by atoms with van der Waals surface area (Å²) >= 11 is 11.7. The van der Waals surface area contributed by atoms with Gasteiger partial charge in [0.05, 0.1) is 5.41 Å². The van der Waals surface area contributed by atoms with Gasteiger partial charge in [0.15, 0.2) is 0 Å². The van der Waals surface area contributed by atoms with E-state index in [1.165, 1.54) is 0 Å². The van der Waals surface area contributed by atoms with Crippen LogP contribution in [-0.2, 0) is 4.79 Å². The van der Waals surface area contributed by atoms with E-state index in [4.69, 9.17) is 23.2 Å². The highest BCUT2D eigenvalue weighted by molar-refractivity contribution is 6.46. The van der Waals surface area contributed by atoms with Crippen LogP contribution in [-0.4, -0.2) is 22.3 Å². The number of amides is 3. The van der Waals surface area contributed by atoms with Crippen LogP contribution in [0.3, 0.4) is 0 Å². The van der Waals surface area contributed by atoms with Crippen molar-refractivity contribution in [1.82, 2.24) is 5.32 Å². The van der Waals surface area contributed by atoms with Gasteiger partial charge in [0, 0.05) is 16.9 Å². The van der Waals surface area contributed by atoms with Gasteiger partial charge in [0.25, 0.3) is 0 Å². The monoisotopic (exact) mass is 359 g/mol. The number of nitrogens with one attached hydrogen (secondary N) is 3. The largest absolute Gasteiger partial charge is 0.333 e. The SMILES string of the molecule is CC(C)(C)NC(=O)Nc1cccc(NC(=O)C(C)(C)C(Cl)Cl)c1. The van der Waals surface area contributed by atoms with Gasteiger partial charge >= 0.3 is 6.03 Å². The molecule has 1 aromatic carbocycles. The smallest absolute Gasteiger partial charge is 0.319 e. The normalized spacial score (nSPS) is 12.0. The van der Waals surface area contributed by atoms with Crippen molar-refractivity contribution in [3.63, 3.8) is 0 Å². The minimum Gasteiger partial charge on any atom is -0.333 e. The lowest BCUT2D eigenvalue weighted by atomic mass is 9.95. The molecule has 3 N–H and O–H groups in total. The van der Waals surface area contributed by atoms with Gasteiger partial charge < -0.3 is 16.0 Å². The Labute approximate surface area is 147 Å². The van der Waals surface area contributed by atoms with Crippen LogP contribution in [0.2, 0.25) is 0 Å². The van der Waals surface area contributed by atoms with Crippen molar-refractivity contribution in [2.24, 2.45) is 5.41 Å². The molecule has 0 bridgehead atoms. The highest BCUT2D eigenvalue weighted by atomic mass is 35.5. The van der Waals surface area contributed by atoms with Crippen LogP contribution < -0.4 is 16.0 Å². The van der Waals surface area contributed by atoms with E-state index >= 15 is 0 Å². The van der Waals surface area contributed by atoms with Crippen molar-refractivity contribution in [3.8, 4) is 0 Å². The lowest BCUT2D eigenvalue weighted by Crippen LogP contribution is -2.43. The third kappa shape index (κ3) is 6.28. The van der Waals surface area contributed by atoms with Gasteiger partial charge in [-0.15, -0.1) is 23.2 Å². The van der Waals surface area contributed by atoms with Crippen LogP contribution >= 0.6 is 23.2 Å². The molecule has 5 nitrogen and oxygen atoms in total. The Bertz CT molecular complexity index is 581. The number of carbonyl (C=O) groups excluding carboxylic acids is 2. The molecule has 0 aromatic heterocycles. The Kier molecular flexibility index (Phi) is 6.31. The Morgan fingerprint density at radius 3 is 2.00 bits per heavy atom. The Morgan fingerprint density at radius 1 is 1.00 bits per heavy atom. The molecular weight excluding hydrogens is 337 g/mol. The second-order valence-corrected chi connectivity index (χ2v) is 7.98. The average Bonchev–Trinajstić information content (AvgIpc) is 2.36. The van der Waals surface area contributed by atoms with Crippen molar-refractivity contribution >= 4 is 46.5 Å². The van der Waals surface area contributed by atoms with E-state index < -0.39 is 10.3 Å². The van der Waals surface area contributed by atoms with Gasteiger partial charge in [0.2, 0.25) is 5.91 Å². The molecule has 23 heavy (non-hydrogen) atoms. The van der Waals surface area contributed by atoms with Crippen molar-refractivity contribution in [2.75, 3.05) is 10.6 Å². The molecule has 0 heterocycles.